The van der Waals surface area contributed by atoms with Crippen LogP contribution in [0.3, 0.4) is 0 Å². The third-order valence-electron chi connectivity index (χ3n) is 5.15. The summed E-state index contributed by atoms with van der Waals surface area (Å²) in [6.45, 7) is 4.67. The van der Waals surface area contributed by atoms with Gasteiger partial charge in [-0.2, -0.15) is 0 Å². The van der Waals surface area contributed by atoms with E-state index in [4.69, 9.17) is 16.3 Å². The van der Waals surface area contributed by atoms with Crippen LogP contribution < -0.4 is 10.1 Å². The van der Waals surface area contributed by atoms with E-state index in [1.54, 1.807) is 0 Å². The summed E-state index contributed by atoms with van der Waals surface area (Å²) in [7, 11) is 0. The number of halogens is 1. The SMILES string of the molecule is Clc1ccc(C(c2ccc(OCc3ccccc3)cc2)N2CCNCC2)cc1. The van der Waals surface area contributed by atoms with Crippen molar-refractivity contribution in [1.82, 2.24) is 10.2 Å². The van der Waals surface area contributed by atoms with Crippen LogP contribution in [0.1, 0.15) is 22.7 Å². The van der Waals surface area contributed by atoms with Crippen LogP contribution in [0.15, 0.2) is 78.9 Å². The van der Waals surface area contributed by atoms with Gasteiger partial charge in [0.25, 0.3) is 0 Å². The molecule has 1 aliphatic heterocycles. The van der Waals surface area contributed by atoms with E-state index in [1.807, 2.05) is 30.3 Å². The van der Waals surface area contributed by atoms with Crippen LogP contribution in [0.2, 0.25) is 5.02 Å². The number of nitrogens with one attached hydrogen (secondary N) is 1. The Balaban J connectivity index is 1.53. The summed E-state index contributed by atoms with van der Waals surface area (Å²) in [5, 5.41) is 4.21. The van der Waals surface area contributed by atoms with Gasteiger partial charge in [0.1, 0.15) is 12.4 Å². The van der Waals surface area contributed by atoms with Crippen molar-refractivity contribution < 1.29 is 4.74 Å². The molecule has 1 fully saturated rings. The maximum absolute atomic E-state index is 6.11. The number of ether oxygens (including phenoxy) is 1. The Morgan fingerprint density at radius 2 is 1.43 bits per heavy atom. The van der Waals surface area contributed by atoms with Crippen LogP contribution in [0.4, 0.5) is 0 Å². The highest BCUT2D eigenvalue weighted by molar-refractivity contribution is 6.30. The summed E-state index contributed by atoms with van der Waals surface area (Å²) in [4.78, 5) is 2.53. The smallest absolute Gasteiger partial charge is 0.119 e. The standard InChI is InChI=1S/C24H25ClN2O/c25-22-10-6-20(7-11-22)24(27-16-14-26-15-17-27)21-8-12-23(13-9-21)28-18-19-4-2-1-3-5-19/h1-13,24,26H,14-18H2. The van der Waals surface area contributed by atoms with Crippen molar-refractivity contribution in [2.75, 3.05) is 26.2 Å². The van der Waals surface area contributed by atoms with E-state index in [9.17, 15) is 0 Å². The maximum atomic E-state index is 6.11. The molecule has 1 heterocycles. The predicted octanol–water partition coefficient (Wildman–Crippen LogP) is 4.91. The zero-order chi connectivity index (χ0) is 19.2. The second-order valence-corrected chi connectivity index (χ2v) is 7.52. The molecule has 0 radical (unpaired) electrons. The molecule has 3 nitrogen and oxygen atoms in total. The Morgan fingerprint density at radius 3 is 2.07 bits per heavy atom. The lowest BCUT2D eigenvalue weighted by Gasteiger charge is -2.35. The minimum absolute atomic E-state index is 0.225. The molecule has 0 bridgehead atoms. The quantitative estimate of drug-likeness (QED) is 0.644. The molecule has 1 atom stereocenters. The molecule has 0 amide bonds. The second kappa shape index (κ2) is 9.24. The fourth-order valence-corrected chi connectivity index (χ4v) is 3.81. The number of piperazine rings is 1. The molecule has 1 saturated heterocycles. The highest BCUT2D eigenvalue weighted by Crippen LogP contribution is 2.31. The zero-order valence-corrected chi connectivity index (χ0v) is 16.6. The average molecular weight is 393 g/mol. The number of hydrogen-bond acceptors (Lipinski definition) is 3. The van der Waals surface area contributed by atoms with E-state index >= 15 is 0 Å². The van der Waals surface area contributed by atoms with Gasteiger partial charge in [-0.1, -0.05) is 66.2 Å². The van der Waals surface area contributed by atoms with Crippen LogP contribution >= 0.6 is 11.6 Å². The minimum Gasteiger partial charge on any atom is -0.489 e. The first-order chi connectivity index (χ1) is 13.8. The maximum Gasteiger partial charge on any atom is 0.119 e. The van der Waals surface area contributed by atoms with Gasteiger partial charge in [0, 0.05) is 31.2 Å². The normalized spacial score (nSPS) is 15.9. The van der Waals surface area contributed by atoms with Crippen molar-refractivity contribution in [1.29, 1.82) is 0 Å². The molecule has 4 rings (SSSR count). The Kier molecular flexibility index (Phi) is 6.27. The van der Waals surface area contributed by atoms with Gasteiger partial charge in [0.15, 0.2) is 0 Å². The van der Waals surface area contributed by atoms with Crippen molar-refractivity contribution in [3.8, 4) is 5.75 Å². The topological polar surface area (TPSA) is 24.5 Å². The zero-order valence-electron chi connectivity index (χ0n) is 15.9. The van der Waals surface area contributed by atoms with Gasteiger partial charge in [0.05, 0.1) is 6.04 Å². The van der Waals surface area contributed by atoms with E-state index in [0.717, 1.165) is 37.0 Å². The van der Waals surface area contributed by atoms with E-state index < -0.39 is 0 Å². The molecule has 0 saturated carbocycles. The van der Waals surface area contributed by atoms with Crippen molar-refractivity contribution in [3.05, 3.63) is 101 Å². The lowest BCUT2D eigenvalue weighted by atomic mass is 9.96. The van der Waals surface area contributed by atoms with Gasteiger partial charge in [-0.15, -0.1) is 0 Å². The van der Waals surface area contributed by atoms with Gasteiger partial charge in [-0.05, 0) is 41.0 Å². The number of rotatable bonds is 6. The summed E-state index contributed by atoms with van der Waals surface area (Å²) in [5.74, 6) is 0.891. The van der Waals surface area contributed by atoms with Gasteiger partial charge in [0.2, 0.25) is 0 Å². The lowest BCUT2D eigenvalue weighted by molar-refractivity contribution is 0.198. The highest BCUT2D eigenvalue weighted by atomic mass is 35.5. The van der Waals surface area contributed by atoms with Gasteiger partial charge >= 0.3 is 0 Å². The third kappa shape index (κ3) is 4.74. The van der Waals surface area contributed by atoms with Crippen LogP contribution in [0.5, 0.6) is 5.75 Å². The van der Waals surface area contributed by atoms with E-state index in [1.165, 1.54) is 16.7 Å². The molecule has 144 valence electrons. The molecular formula is C24H25ClN2O. The van der Waals surface area contributed by atoms with Gasteiger partial charge in [-0.25, -0.2) is 0 Å². The summed E-state index contributed by atoms with van der Waals surface area (Å²) in [6, 6.07) is 27.2. The van der Waals surface area contributed by atoms with Gasteiger partial charge < -0.3 is 10.1 Å². The van der Waals surface area contributed by atoms with E-state index in [2.05, 4.69) is 58.7 Å². The molecule has 0 aromatic heterocycles. The van der Waals surface area contributed by atoms with E-state index in [0.29, 0.717) is 6.61 Å². The summed E-state index contributed by atoms with van der Waals surface area (Å²) >= 11 is 6.11. The molecule has 1 N–H and O–H groups in total. The van der Waals surface area contributed by atoms with Crippen molar-refractivity contribution in [3.63, 3.8) is 0 Å². The molecule has 1 aliphatic rings. The number of benzene rings is 3. The fraction of sp³-hybridized carbons (Fsp3) is 0.250. The molecule has 3 aromatic rings. The van der Waals surface area contributed by atoms with Crippen LogP contribution in [-0.2, 0) is 6.61 Å². The average Bonchev–Trinajstić information content (AvgIpc) is 2.76. The molecule has 1 unspecified atom stereocenters. The Morgan fingerprint density at radius 1 is 0.821 bits per heavy atom. The predicted molar refractivity (Wildman–Crippen MR) is 115 cm³/mol. The van der Waals surface area contributed by atoms with Crippen molar-refractivity contribution in [2.45, 2.75) is 12.6 Å². The first-order valence-corrected chi connectivity index (χ1v) is 10.1. The largest absolute Gasteiger partial charge is 0.489 e. The molecular weight excluding hydrogens is 368 g/mol. The Hall–Kier alpha value is -2.33. The first-order valence-electron chi connectivity index (χ1n) is 9.76. The fourth-order valence-electron chi connectivity index (χ4n) is 3.69. The second-order valence-electron chi connectivity index (χ2n) is 7.08. The summed E-state index contributed by atoms with van der Waals surface area (Å²) < 4.78 is 5.95. The van der Waals surface area contributed by atoms with Crippen LogP contribution in [0.25, 0.3) is 0 Å². The van der Waals surface area contributed by atoms with Crippen molar-refractivity contribution in [2.24, 2.45) is 0 Å². The van der Waals surface area contributed by atoms with Crippen LogP contribution in [0, 0.1) is 0 Å². The monoisotopic (exact) mass is 392 g/mol. The third-order valence-corrected chi connectivity index (χ3v) is 5.40. The first kappa shape index (κ1) is 19.0. The molecule has 0 aliphatic carbocycles. The lowest BCUT2D eigenvalue weighted by Crippen LogP contribution is -2.45. The number of nitrogens with zero attached hydrogens (tertiary/aromatic N) is 1. The highest BCUT2D eigenvalue weighted by Gasteiger charge is 2.23. The van der Waals surface area contributed by atoms with Gasteiger partial charge in [-0.3, -0.25) is 4.90 Å². The van der Waals surface area contributed by atoms with Crippen LogP contribution in [-0.4, -0.2) is 31.1 Å². The summed E-state index contributed by atoms with van der Waals surface area (Å²) in [6.07, 6.45) is 0. The molecule has 0 spiro atoms. The Bertz CT molecular complexity index is 859. The number of hydrogen-bond donors (Lipinski definition) is 1. The molecule has 4 heteroatoms. The summed E-state index contributed by atoms with van der Waals surface area (Å²) in [5.41, 5.74) is 3.71. The van der Waals surface area contributed by atoms with E-state index in [-0.39, 0.29) is 6.04 Å². The molecule has 28 heavy (non-hydrogen) atoms. The van der Waals surface area contributed by atoms with Crippen molar-refractivity contribution >= 4 is 11.6 Å². The Labute approximate surface area is 171 Å². The minimum atomic E-state index is 0.225. The molecule has 3 aromatic carbocycles.